The number of oxazole rings is 1. The lowest BCUT2D eigenvalue weighted by Crippen LogP contribution is -2.61. The number of aryl methyl sites for hydroxylation is 2. The Morgan fingerprint density at radius 2 is 1.50 bits per heavy atom. The molecule has 12 rings (SSSR count). The Hall–Kier alpha value is -10.1. The Kier molecular flexibility index (Phi) is 38.7. The number of fused-ring (bicyclic) bond motifs is 5. The van der Waals surface area contributed by atoms with E-state index in [0.29, 0.717) is 188 Å². The van der Waals surface area contributed by atoms with Crippen LogP contribution in [0.3, 0.4) is 0 Å². The van der Waals surface area contributed by atoms with Gasteiger partial charge in [-0.1, -0.05) is 94.5 Å². The number of aliphatic hydroxyl groups excluding tert-OH is 1. The fourth-order valence-electron chi connectivity index (χ4n) is 18.3. The van der Waals surface area contributed by atoms with Gasteiger partial charge in [-0.2, -0.15) is 14.4 Å². The third-order valence-electron chi connectivity index (χ3n) is 26.3. The number of piperidine rings is 1. The molecule has 3 saturated heterocycles. The molecule has 4 fully saturated rings. The summed E-state index contributed by atoms with van der Waals surface area (Å²) >= 11 is 0. The summed E-state index contributed by atoms with van der Waals surface area (Å²) in [7, 11) is 0.983. The summed E-state index contributed by atoms with van der Waals surface area (Å²) in [5, 5.41) is 40.7. The number of Topliss-reactive ketones (excluding diaryl/α,β-unsaturated/α-hetero) is 3. The van der Waals surface area contributed by atoms with Gasteiger partial charge < -0.3 is 88.6 Å². The van der Waals surface area contributed by atoms with Gasteiger partial charge in [0.15, 0.2) is 17.0 Å². The van der Waals surface area contributed by atoms with E-state index in [4.69, 9.17) is 78.3 Å². The van der Waals surface area contributed by atoms with Gasteiger partial charge in [-0.15, -0.1) is 5.10 Å². The van der Waals surface area contributed by atoms with Gasteiger partial charge in [0.2, 0.25) is 27.7 Å². The van der Waals surface area contributed by atoms with Crippen LogP contribution in [0.4, 0.5) is 17.8 Å². The number of ketones is 3. The number of nitrogen functional groups attached to an aromatic ring is 2. The van der Waals surface area contributed by atoms with Crippen LogP contribution in [-0.2, 0) is 112 Å². The number of benzene rings is 2. The van der Waals surface area contributed by atoms with E-state index < -0.39 is 93.7 Å². The second kappa shape index (κ2) is 50.3. The number of rotatable bonds is 36. The van der Waals surface area contributed by atoms with E-state index in [2.05, 4.69) is 30.6 Å². The summed E-state index contributed by atoms with van der Waals surface area (Å²) in [6.07, 6.45) is 19.6. The zero-order valence-electron chi connectivity index (χ0n) is 79.5. The van der Waals surface area contributed by atoms with Crippen molar-refractivity contribution in [2.75, 3.05) is 136 Å². The summed E-state index contributed by atoms with van der Waals surface area (Å²) in [6, 6.07) is 12.3. The Balaban J connectivity index is 0.539. The molecule has 15 atom stereocenters. The van der Waals surface area contributed by atoms with Crippen molar-refractivity contribution in [1.29, 1.82) is 0 Å². The lowest BCUT2D eigenvalue weighted by Gasteiger charge is -2.42. The van der Waals surface area contributed by atoms with Crippen LogP contribution in [0.5, 0.6) is 0 Å². The van der Waals surface area contributed by atoms with E-state index in [-0.39, 0.29) is 118 Å². The highest BCUT2D eigenvalue weighted by molar-refractivity contribution is 7.89. The molecule has 9 heterocycles. The zero-order chi connectivity index (χ0) is 96.3. The number of amides is 2. The van der Waals surface area contributed by atoms with Gasteiger partial charge in [-0.3, -0.25) is 24.0 Å². The van der Waals surface area contributed by atoms with Crippen molar-refractivity contribution in [1.82, 2.24) is 64.2 Å². The first-order chi connectivity index (χ1) is 65.0. The van der Waals surface area contributed by atoms with E-state index in [0.717, 1.165) is 40.7 Å². The van der Waals surface area contributed by atoms with Gasteiger partial charge >= 0.3 is 5.97 Å². The van der Waals surface area contributed by atoms with Crippen molar-refractivity contribution in [3.8, 4) is 22.4 Å². The predicted octanol–water partition coefficient (Wildman–Crippen LogP) is 9.31. The van der Waals surface area contributed by atoms with Gasteiger partial charge in [0, 0.05) is 140 Å². The minimum Gasteiger partial charge on any atom is -0.460 e. The quantitative estimate of drug-likeness (QED) is 0.0106. The molecule has 7 aromatic rings. The maximum absolute atomic E-state index is 14.9. The molecular weight excluding hydrogens is 1760 g/mol. The number of carbonyl (C=O) groups is 6. The lowest BCUT2D eigenvalue weighted by molar-refractivity contribution is -0.265. The Morgan fingerprint density at radius 3 is 2.24 bits per heavy atom. The Labute approximate surface area is 789 Å². The molecule has 5 aliphatic rings. The number of aromatic nitrogens is 10. The molecule has 1 saturated carbocycles. The van der Waals surface area contributed by atoms with E-state index in [1.165, 1.54) is 22.6 Å². The largest absolute Gasteiger partial charge is 0.460 e. The molecule has 5 aromatic heterocycles. The molecule has 0 unspecified atom stereocenters. The van der Waals surface area contributed by atoms with Crippen LogP contribution in [0.2, 0.25) is 0 Å². The molecule has 38 heteroatoms. The number of hydrogen-bond acceptors (Lipinski definition) is 32. The minimum absolute atomic E-state index is 0.0185. The number of allylic oxidation sites excluding steroid dienone is 6. The molecule has 4 aliphatic heterocycles. The van der Waals surface area contributed by atoms with E-state index in [1.54, 1.807) is 75.1 Å². The highest BCUT2D eigenvalue weighted by Gasteiger charge is 2.53. The second-order valence-corrected chi connectivity index (χ2v) is 38.4. The highest BCUT2D eigenvalue weighted by atomic mass is 32.2. The summed E-state index contributed by atoms with van der Waals surface area (Å²) in [4.78, 5) is 111. The molecule has 2 aromatic carbocycles. The number of anilines is 3. The summed E-state index contributed by atoms with van der Waals surface area (Å²) < 4.78 is 97.3. The number of nitrogens with zero attached hydrogens (tertiary/aromatic N) is 13. The third-order valence-corrected chi connectivity index (χ3v) is 28.2. The van der Waals surface area contributed by atoms with Crippen LogP contribution in [0, 0.1) is 35.5 Å². The topological polar surface area (TPSA) is 469 Å². The maximum atomic E-state index is 14.9. The third kappa shape index (κ3) is 28.6. The first-order valence-electron chi connectivity index (χ1n) is 47.4. The Morgan fingerprint density at radius 1 is 0.756 bits per heavy atom. The molecule has 0 radical (unpaired) electrons. The molecule has 135 heavy (non-hydrogen) atoms. The second-order valence-electron chi connectivity index (χ2n) is 36.3. The number of nitrogens with one attached hydrogen (secondary N) is 1. The first-order valence-corrected chi connectivity index (χ1v) is 49.0. The van der Waals surface area contributed by atoms with Crippen molar-refractivity contribution in [3.63, 3.8) is 0 Å². The number of ether oxygens (including phenoxy) is 10. The average Bonchev–Trinajstić information content (AvgIpc) is 1.28. The number of nitrogens with two attached hydrogens (primary N) is 2. The molecule has 736 valence electrons. The number of unbranched alkanes of at least 4 members (excludes halogenated alkanes) is 1. The fourth-order valence-corrected chi connectivity index (χ4v) is 19.8. The SMILES string of the molecule is CO[C@H]1C[C@@H]2CC[C@@H](C)[C@@](O)(O2)C(=O)C(=O)N2CCCC[C@H]2C(=O)O[C@H]([C@H](C)C[C@@H]2CC[C@@H](OCc3cccc(-c4cnc(N5CCN(S(=O)(=O)CCc6cn(CCOCCOCCOCCOCCC(=O)NCCCCn7nc(-c8ccc9oc(N)nc9c8)c8c(N)ncnc87)nn6)CC5)nc4)c3)[C@H](OC)C2)CC(=O)[C@H](C)/C=C(\C)[C@@H](O)[C@@H](OC)C(=O)[C@H](C)C[C@H](C)/C=C/C=C/C=C/1C. The molecule has 2 amide bonds. The number of hydrogen-bond donors (Lipinski definition) is 5. The predicted molar refractivity (Wildman–Crippen MR) is 504 cm³/mol. The molecule has 37 nitrogen and oxygen atoms in total. The highest BCUT2D eigenvalue weighted by Crippen LogP contribution is 2.40. The van der Waals surface area contributed by atoms with E-state index >= 15 is 0 Å². The fraction of sp³-hybridized carbons (Fsp3) is 0.608. The van der Waals surface area contributed by atoms with Crippen molar-refractivity contribution in [2.24, 2.45) is 35.5 Å². The van der Waals surface area contributed by atoms with E-state index in [9.17, 15) is 47.4 Å². The maximum Gasteiger partial charge on any atom is 0.329 e. The number of sulfonamides is 1. The van der Waals surface area contributed by atoms with Crippen molar-refractivity contribution >= 4 is 85.1 Å². The molecule has 1 aliphatic carbocycles. The first kappa shape index (κ1) is 104. The van der Waals surface area contributed by atoms with Crippen LogP contribution >= 0.6 is 0 Å². The number of aliphatic hydroxyl groups is 2. The number of cyclic esters (lactones) is 1. The lowest BCUT2D eigenvalue weighted by atomic mass is 9.78. The summed E-state index contributed by atoms with van der Waals surface area (Å²) in [5.74, 6) is -7.89. The van der Waals surface area contributed by atoms with Crippen molar-refractivity contribution in [3.05, 3.63) is 126 Å². The molecular formula is C97H136N16O21S. The van der Waals surface area contributed by atoms with Crippen molar-refractivity contribution < 1.29 is 99.2 Å². The van der Waals surface area contributed by atoms with E-state index in [1.807, 2.05) is 99.4 Å². The Bertz CT molecular complexity index is 5330. The van der Waals surface area contributed by atoms with Crippen molar-refractivity contribution in [2.45, 2.75) is 225 Å². The zero-order valence-corrected chi connectivity index (χ0v) is 80.3. The van der Waals surface area contributed by atoms with Gasteiger partial charge in [0.1, 0.15) is 53.5 Å². The van der Waals surface area contributed by atoms with Gasteiger partial charge in [-0.05, 0) is 155 Å². The standard InChI is InChI=1S/C97H136N16O21S/c1-62-19-12-11-13-20-63(2)81(124-8)55-75-27-24-68(7)97(121,134-75)90(118)93(119)112-33-16-14-23-77(112)94(120)132-82(56-78(114)64(3)50-67(6)88(117)89(126-10)87(116)66(5)49-62)65(4)51-69-25-28-80(83(53-69)125-9)131-60-70-21-18-22-71(52-70)73-57-101-96(102-58-73)109-35-37-111(38-36-109)135(122,123)48-31-74-59-110(108-106-74)39-41-128-43-45-130-47-46-129-44-42-127-40-30-84(115)100-32-15-17-34-113-92-85(91(98)103-61-104-92)86(107-113)72-26-29-79-76(54-72)105-95(99)133-79/h11-13,18-22,26,29,50,52,54,57-59,61-62,64-66,68-69,75,77,80-83,88-89,117,121H,14-17,23-25,27-28,30-49,51,53,55-56,60H2,1-10H3,(H2,99,105)(H,100,115)(H2,98,103,104)/b13-11+,19-12+,63-20+,67-50+/t62-,64-,65-,66-,68-,69+,75+,77+,80-,81+,82+,83-,88-,89+,97-/m1/s1. The molecule has 7 N–H and O–H groups in total. The van der Waals surface area contributed by atoms with Crippen LogP contribution in [0.25, 0.3) is 44.5 Å². The molecule has 0 spiro atoms. The smallest absolute Gasteiger partial charge is 0.329 e. The number of esters is 1. The number of methoxy groups -OCH3 is 3. The number of piperazine rings is 1. The summed E-state index contributed by atoms with van der Waals surface area (Å²) in [5.41, 5.74) is 19.6. The normalized spacial score (nSPS) is 26.6. The van der Waals surface area contributed by atoms with Crippen LogP contribution in [0.15, 0.2) is 119 Å². The van der Waals surface area contributed by atoms with Crippen LogP contribution in [-0.4, -0.2) is 286 Å². The monoisotopic (exact) mass is 1890 g/mol. The molecule has 2 bridgehead atoms. The number of carbonyl (C=O) groups excluding carboxylic acids is 6. The van der Waals surface area contributed by atoms with Gasteiger partial charge in [0.25, 0.3) is 17.7 Å². The van der Waals surface area contributed by atoms with Gasteiger partial charge in [-0.25, -0.2) is 42.5 Å². The van der Waals surface area contributed by atoms with Gasteiger partial charge in [0.05, 0.1) is 107 Å². The summed E-state index contributed by atoms with van der Waals surface area (Å²) in [6.45, 7) is 18.6. The average molecular weight is 1890 g/mol. The van der Waals surface area contributed by atoms with Crippen LogP contribution in [0.1, 0.15) is 156 Å². The van der Waals surface area contributed by atoms with Crippen LogP contribution < -0.4 is 21.7 Å². The minimum atomic E-state index is -3.63.